The van der Waals surface area contributed by atoms with E-state index in [0.29, 0.717) is 0 Å². The second kappa shape index (κ2) is 4.86. The van der Waals surface area contributed by atoms with Crippen molar-refractivity contribution in [3.05, 3.63) is 48.5 Å². The van der Waals surface area contributed by atoms with Gasteiger partial charge < -0.3 is 9.76 Å². The minimum absolute atomic E-state index is 0.0101. The molecule has 0 spiro atoms. The van der Waals surface area contributed by atoms with Gasteiger partial charge in [-0.25, -0.2) is 0 Å². The largest absolute Gasteiger partial charge is 0.497 e. The van der Waals surface area contributed by atoms with Crippen LogP contribution in [0.15, 0.2) is 48.5 Å². The van der Waals surface area contributed by atoms with Crippen molar-refractivity contribution in [2.75, 3.05) is 7.11 Å². The minimum Gasteiger partial charge on any atom is -0.497 e. The summed E-state index contributed by atoms with van der Waals surface area (Å²) in [4.78, 5) is 0. The summed E-state index contributed by atoms with van der Waals surface area (Å²) in [5.41, 5.74) is 3.04. The summed E-state index contributed by atoms with van der Waals surface area (Å²) < 4.78 is 5.17. The van der Waals surface area contributed by atoms with Gasteiger partial charge in [0.2, 0.25) is 0 Å². The Bertz CT molecular complexity index is 469. The van der Waals surface area contributed by atoms with Crippen LogP contribution in [0, 0.1) is 0 Å². The van der Waals surface area contributed by atoms with Crippen LogP contribution in [0.25, 0.3) is 11.1 Å². The zero-order valence-electron chi connectivity index (χ0n) is 9.18. The maximum Gasteiger partial charge on any atom is 0.308 e. The summed E-state index contributed by atoms with van der Waals surface area (Å²) in [5.74, 6) is 0.724. The SMILES string of the molecule is COc1ccc(-c2ccccc2)cc1BO. The number of benzene rings is 2. The summed E-state index contributed by atoms with van der Waals surface area (Å²) in [7, 11) is 1.60. The Morgan fingerprint density at radius 1 is 1.00 bits per heavy atom. The Hall–Kier alpha value is -1.74. The molecule has 0 aliphatic carbocycles. The van der Waals surface area contributed by atoms with Crippen LogP contribution in [-0.2, 0) is 0 Å². The Kier molecular flexibility index (Phi) is 3.27. The molecule has 2 aromatic rings. The first-order valence-corrected chi connectivity index (χ1v) is 5.18. The fraction of sp³-hybridized carbons (Fsp3) is 0.0769. The molecule has 0 atom stereocenters. The van der Waals surface area contributed by atoms with Crippen molar-refractivity contribution in [2.45, 2.75) is 0 Å². The molecule has 3 heteroatoms. The molecule has 16 heavy (non-hydrogen) atoms. The molecule has 0 amide bonds. The Balaban J connectivity index is 2.44. The molecule has 0 fully saturated rings. The van der Waals surface area contributed by atoms with E-state index < -0.39 is 0 Å². The topological polar surface area (TPSA) is 29.5 Å². The average molecular weight is 212 g/mol. The van der Waals surface area contributed by atoms with E-state index in [1.54, 1.807) is 7.11 Å². The first kappa shape index (κ1) is 10.8. The van der Waals surface area contributed by atoms with Crippen molar-refractivity contribution in [1.29, 1.82) is 0 Å². The normalized spacial score (nSPS) is 9.88. The molecule has 0 radical (unpaired) electrons. The Morgan fingerprint density at radius 3 is 2.38 bits per heavy atom. The third-order valence-corrected chi connectivity index (χ3v) is 2.56. The third kappa shape index (κ3) is 2.09. The fourth-order valence-corrected chi connectivity index (χ4v) is 1.71. The number of ether oxygens (including phenoxy) is 1. The zero-order chi connectivity index (χ0) is 11.4. The molecule has 80 valence electrons. The van der Waals surface area contributed by atoms with Gasteiger partial charge in [0.1, 0.15) is 5.75 Å². The lowest BCUT2D eigenvalue weighted by Crippen LogP contribution is -2.16. The quantitative estimate of drug-likeness (QED) is 0.777. The highest BCUT2D eigenvalue weighted by Crippen LogP contribution is 2.20. The number of methoxy groups -OCH3 is 1. The first-order chi connectivity index (χ1) is 7.85. The molecule has 0 aliphatic heterocycles. The number of rotatable bonds is 3. The molecular weight excluding hydrogens is 199 g/mol. The van der Waals surface area contributed by atoms with Gasteiger partial charge in [-0.2, -0.15) is 0 Å². The van der Waals surface area contributed by atoms with Crippen LogP contribution >= 0.6 is 0 Å². The van der Waals surface area contributed by atoms with Crippen LogP contribution < -0.4 is 10.2 Å². The van der Waals surface area contributed by atoms with E-state index >= 15 is 0 Å². The first-order valence-electron chi connectivity index (χ1n) is 5.18. The Labute approximate surface area is 95.8 Å². The van der Waals surface area contributed by atoms with Gasteiger partial charge in [-0.15, -0.1) is 0 Å². The molecule has 2 rings (SSSR count). The molecule has 0 unspecified atom stereocenters. The highest BCUT2D eigenvalue weighted by atomic mass is 16.5. The van der Waals surface area contributed by atoms with E-state index in [1.165, 1.54) is 0 Å². The van der Waals surface area contributed by atoms with Crippen LogP contribution in [0.1, 0.15) is 0 Å². The molecule has 2 aromatic carbocycles. The van der Waals surface area contributed by atoms with Gasteiger partial charge in [-0.05, 0) is 22.7 Å². The highest BCUT2D eigenvalue weighted by Gasteiger charge is 2.05. The van der Waals surface area contributed by atoms with E-state index in [2.05, 4.69) is 0 Å². The highest BCUT2D eigenvalue weighted by molar-refractivity contribution is 6.47. The molecule has 2 nitrogen and oxygen atoms in total. The van der Waals surface area contributed by atoms with Gasteiger partial charge in [0.05, 0.1) is 7.11 Å². The Morgan fingerprint density at radius 2 is 1.75 bits per heavy atom. The van der Waals surface area contributed by atoms with E-state index in [1.807, 2.05) is 48.5 Å². The molecule has 0 saturated carbocycles. The smallest absolute Gasteiger partial charge is 0.308 e. The summed E-state index contributed by atoms with van der Waals surface area (Å²) in [5, 5.41) is 9.24. The number of hydrogen-bond acceptors (Lipinski definition) is 2. The van der Waals surface area contributed by atoms with Crippen molar-refractivity contribution in [3.63, 3.8) is 0 Å². The van der Waals surface area contributed by atoms with Gasteiger partial charge in [-0.1, -0.05) is 42.5 Å². The predicted octanol–water partition coefficient (Wildman–Crippen LogP) is 1.33. The monoisotopic (exact) mass is 212 g/mol. The van der Waals surface area contributed by atoms with Gasteiger partial charge in [0.15, 0.2) is 0 Å². The second-order valence-electron chi connectivity index (χ2n) is 3.55. The molecule has 0 aliphatic rings. The van der Waals surface area contributed by atoms with Crippen molar-refractivity contribution < 1.29 is 9.76 Å². The number of hydrogen-bond donors (Lipinski definition) is 1. The maximum atomic E-state index is 9.24. The van der Waals surface area contributed by atoms with Crippen molar-refractivity contribution in [2.24, 2.45) is 0 Å². The third-order valence-electron chi connectivity index (χ3n) is 2.56. The van der Waals surface area contributed by atoms with Crippen molar-refractivity contribution in [1.82, 2.24) is 0 Å². The average Bonchev–Trinajstić information content (AvgIpc) is 2.39. The van der Waals surface area contributed by atoms with Gasteiger partial charge >= 0.3 is 7.48 Å². The molecule has 0 bridgehead atoms. The summed E-state index contributed by atoms with van der Waals surface area (Å²) in [6, 6.07) is 15.9. The molecule has 0 aromatic heterocycles. The molecular formula is C13H13BO2. The van der Waals surface area contributed by atoms with Crippen LogP contribution in [-0.4, -0.2) is 19.6 Å². The van der Waals surface area contributed by atoms with E-state index in [9.17, 15) is 5.02 Å². The molecule has 1 N–H and O–H groups in total. The minimum atomic E-state index is -0.0101. The lowest BCUT2D eigenvalue weighted by molar-refractivity contribution is 0.417. The van der Waals surface area contributed by atoms with Crippen LogP contribution in [0.5, 0.6) is 5.75 Å². The molecule has 0 heterocycles. The summed E-state index contributed by atoms with van der Waals surface area (Å²) >= 11 is 0. The zero-order valence-corrected chi connectivity index (χ0v) is 9.18. The van der Waals surface area contributed by atoms with Gasteiger partial charge in [-0.3, -0.25) is 0 Å². The standard InChI is InChI=1S/C13H13BO2/c1-16-13-8-7-11(9-12(13)14-15)10-5-3-2-4-6-10/h2-9,14-15H,1H3. The fourth-order valence-electron chi connectivity index (χ4n) is 1.71. The second-order valence-corrected chi connectivity index (χ2v) is 3.55. The predicted molar refractivity (Wildman–Crippen MR) is 67.4 cm³/mol. The van der Waals surface area contributed by atoms with Crippen molar-refractivity contribution in [3.8, 4) is 16.9 Å². The van der Waals surface area contributed by atoms with E-state index in [0.717, 1.165) is 22.3 Å². The van der Waals surface area contributed by atoms with Gasteiger partial charge in [0, 0.05) is 0 Å². The summed E-state index contributed by atoms with van der Waals surface area (Å²) in [6.45, 7) is 0. The maximum absolute atomic E-state index is 9.24. The van der Waals surface area contributed by atoms with Crippen LogP contribution in [0.2, 0.25) is 0 Å². The van der Waals surface area contributed by atoms with E-state index in [4.69, 9.17) is 4.74 Å². The van der Waals surface area contributed by atoms with Crippen molar-refractivity contribution >= 4 is 12.9 Å². The summed E-state index contributed by atoms with van der Waals surface area (Å²) in [6.07, 6.45) is 0. The van der Waals surface area contributed by atoms with Crippen LogP contribution in [0.4, 0.5) is 0 Å². The van der Waals surface area contributed by atoms with E-state index in [-0.39, 0.29) is 7.48 Å². The lowest BCUT2D eigenvalue weighted by Gasteiger charge is -2.08. The molecule has 0 saturated heterocycles. The lowest BCUT2D eigenvalue weighted by atomic mass is 9.85. The van der Waals surface area contributed by atoms with Crippen LogP contribution in [0.3, 0.4) is 0 Å². The van der Waals surface area contributed by atoms with Gasteiger partial charge in [0.25, 0.3) is 0 Å².